The van der Waals surface area contributed by atoms with Gasteiger partial charge >= 0.3 is 0 Å². The van der Waals surface area contributed by atoms with Crippen LogP contribution >= 0.6 is 0 Å². The maximum atomic E-state index is 10.7. The highest BCUT2D eigenvalue weighted by Crippen LogP contribution is 2.20. The molecule has 0 radical (unpaired) electrons. The van der Waals surface area contributed by atoms with Gasteiger partial charge in [0.1, 0.15) is 0 Å². The molecular weight excluding hydrogens is 144 g/mol. The van der Waals surface area contributed by atoms with E-state index in [1.54, 1.807) is 0 Å². The van der Waals surface area contributed by atoms with E-state index >= 15 is 0 Å². The smallest absolute Gasteiger partial charge is 0.291 e. The van der Waals surface area contributed by atoms with Crippen LogP contribution in [0.5, 0.6) is 0 Å². The number of rotatable bonds is 2. The van der Waals surface area contributed by atoms with Gasteiger partial charge < -0.3 is 4.43 Å². The minimum absolute atomic E-state index is 0.0541. The maximum absolute atomic E-state index is 10.7. The molecule has 0 rings (SSSR count). The van der Waals surface area contributed by atoms with Gasteiger partial charge in [-0.3, -0.25) is 4.79 Å². The quantitative estimate of drug-likeness (QED) is 0.554. The van der Waals surface area contributed by atoms with Gasteiger partial charge in [-0.05, 0) is 11.8 Å². The fraction of sp³-hybridized carbons (Fsp3) is 0.857. The molecule has 0 aliphatic carbocycles. The van der Waals surface area contributed by atoms with Crippen molar-refractivity contribution < 1.29 is 9.22 Å². The van der Waals surface area contributed by atoms with Crippen LogP contribution in [0.4, 0.5) is 0 Å². The van der Waals surface area contributed by atoms with Crippen molar-refractivity contribution in [3.8, 4) is 0 Å². The third kappa shape index (κ3) is 5.82. The van der Waals surface area contributed by atoms with Crippen LogP contribution in [0, 0.1) is 5.41 Å². The van der Waals surface area contributed by atoms with Crippen LogP contribution < -0.4 is 0 Å². The molecule has 0 spiro atoms. The molecule has 0 heterocycles. The SMILES string of the molecule is CC(C)(C)CCC(=O)O[SiH3]. The highest BCUT2D eigenvalue weighted by atomic mass is 28.2. The Labute approximate surface area is 65.5 Å². The van der Waals surface area contributed by atoms with Crippen LogP contribution in [0.2, 0.25) is 0 Å². The van der Waals surface area contributed by atoms with E-state index in [9.17, 15) is 4.79 Å². The molecule has 10 heavy (non-hydrogen) atoms. The Hall–Kier alpha value is -0.313. The Kier molecular flexibility index (Phi) is 3.64. The fourth-order valence-corrected chi connectivity index (χ4v) is 0.783. The molecular formula is C7H16O2Si. The Morgan fingerprint density at radius 3 is 2.30 bits per heavy atom. The molecule has 0 unspecified atom stereocenters. The lowest BCUT2D eigenvalue weighted by Crippen LogP contribution is -2.09. The van der Waals surface area contributed by atoms with Crippen molar-refractivity contribution in [2.75, 3.05) is 0 Å². The second-order valence-electron chi connectivity index (χ2n) is 3.64. The number of carbonyl (C=O) groups is 1. The average Bonchev–Trinajstić information content (AvgIpc) is 1.81. The Morgan fingerprint density at radius 1 is 1.50 bits per heavy atom. The van der Waals surface area contributed by atoms with Crippen molar-refractivity contribution in [2.24, 2.45) is 5.41 Å². The van der Waals surface area contributed by atoms with Gasteiger partial charge in [0.2, 0.25) is 10.5 Å². The summed E-state index contributed by atoms with van der Waals surface area (Å²) in [5.74, 6) is -0.0541. The lowest BCUT2D eigenvalue weighted by Gasteiger charge is -2.16. The zero-order valence-electron chi connectivity index (χ0n) is 7.23. The number of carbonyl (C=O) groups excluding carboxylic acids is 1. The normalized spacial score (nSPS) is 11.5. The first kappa shape index (κ1) is 9.69. The molecule has 3 heteroatoms. The second kappa shape index (κ2) is 3.76. The summed E-state index contributed by atoms with van der Waals surface area (Å²) in [4.78, 5) is 10.7. The van der Waals surface area contributed by atoms with E-state index in [2.05, 4.69) is 25.2 Å². The molecule has 0 aliphatic rings. The molecule has 0 fully saturated rings. The summed E-state index contributed by atoms with van der Waals surface area (Å²) in [5.41, 5.74) is 0.246. The highest BCUT2D eigenvalue weighted by Gasteiger charge is 2.12. The van der Waals surface area contributed by atoms with Crippen LogP contribution in [0.3, 0.4) is 0 Å². The zero-order valence-corrected chi connectivity index (χ0v) is 9.23. The molecule has 0 N–H and O–H groups in total. The first-order valence-corrected chi connectivity index (χ1v) is 4.34. The van der Waals surface area contributed by atoms with E-state index in [0.29, 0.717) is 16.9 Å². The lowest BCUT2D eigenvalue weighted by atomic mass is 9.91. The van der Waals surface area contributed by atoms with Gasteiger partial charge in [0.15, 0.2) is 0 Å². The number of hydrogen-bond donors (Lipinski definition) is 0. The third-order valence-electron chi connectivity index (χ3n) is 1.31. The van der Waals surface area contributed by atoms with Crippen LogP contribution in [-0.4, -0.2) is 16.5 Å². The molecule has 0 aromatic heterocycles. The van der Waals surface area contributed by atoms with E-state index < -0.39 is 0 Å². The van der Waals surface area contributed by atoms with E-state index in [-0.39, 0.29) is 11.4 Å². The Balaban J connectivity index is 3.46. The summed E-state index contributed by atoms with van der Waals surface area (Å²) in [6.07, 6.45) is 1.47. The van der Waals surface area contributed by atoms with Crippen LogP contribution in [-0.2, 0) is 9.22 Å². The molecule has 0 bridgehead atoms. The van der Waals surface area contributed by atoms with Crippen molar-refractivity contribution in [2.45, 2.75) is 33.6 Å². The van der Waals surface area contributed by atoms with Crippen molar-refractivity contribution in [1.29, 1.82) is 0 Å². The molecule has 0 aromatic rings. The maximum Gasteiger partial charge on any atom is 0.291 e. The van der Waals surface area contributed by atoms with Gasteiger partial charge in [-0.25, -0.2) is 0 Å². The molecule has 0 amide bonds. The molecule has 2 nitrogen and oxygen atoms in total. The van der Waals surface area contributed by atoms with Gasteiger partial charge in [0, 0.05) is 6.42 Å². The molecule has 0 atom stereocenters. The summed E-state index contributed by atoms with van der Waals surface area (Å²) >= 11 is 0. The van der Waals surface area contributed by atoms with Crippen LogP contribution in [0.25, 0.3) is 0 Å². The van der Waals surface area contributed by atoms with Gasteiger partial charge in [0.25, 0.3) is 5.97 Å². The molecule has 0 aromatic carbocycles. The first-order chi connectivity index (χ1) is 4.45. The van der Waals surface area contributed by atoms with Crippen molar-refractivity contribution in [3.63, 3.8) is 0 Å². The summed E-state index contributed by atoms with van der Waals surface area (Å²) < 4.78 is 4.65. The van der Waals surface area contributed by atoms with E-state index in [1.165, 1.54) is 0 Å². The van der Waals surface area contributed by atoms with E-state index in [1.807, 2.05) is 0 Å². The zero-order chi connectivity index (χ0) is 8.20. The largest absolute Gasteiger partial charge is 0.529 e. The summed E-state index contributed by atoms with van der Waals surface area (Å²) in [5, 5.41) is 0. The summed E-state index contributed by atoms with van der Waals surface area (Å²) in [6.45, 7) is 6.36. The third-order valence-corrected chi connectivity index (χ3v) is 1.76. The topological polar surface area (TPSA) is 26.3 Å². The molecule has 60 valence electrons. The van der Waals surface area contributed by atoms with E-state index in [4.69, 9.17) is 0 Å². The molecule has 0 saturated heterocycles. The van der Waals surface area contributed by atoms with Crippen molar-refractivity contribution in [3.05, 3.63) is 0 Å². The first-order valence-electron chi connectivity index (χ1n) is 3.52. The average molecular weight is 160 g/mol. The van der Waals surface area contributed by atoms with Crippen LogP contribution in [0.15, 0.2) is 0 Å². The Morgan fingerprint density at radius 2 is 2.00 bits per heavy atom. The predicted molar refractivity (Wildman–Crippen MR) is 44.7 cm³/mol. The molecule has 0 aliphatic heterocycles. The monoisotopic (exact) mass is 160 g/mol. The highest BCUT2D eigenvalue weighted by molar-refractivity contribution is 6.05. The van der Waals surface area contributed by atoms with Gasteiger partial charge in [-0.2, -0.15) is 0 Å². The van der Waals surface area contributed by atoms with Crippen molar-refractivity contribution >= 4 is 16.5 Å². The van der Waals surface area contributed by atoms with Crippen LogP contribution in [0.1, 0.15) is 33.6 Å². The van der Waals surface area contributed by atoms with Gasteiger partial charge in [-0.1, -0.05) is 20.8 Å². The Bertz CT molecular complexity index is 115. The van der Waals surface area contributed by atoms with Gasteiger partial charge in [-0.15, -0.1) is 0 Å². The summed E-state index contributed by atoms with van der Waals surface area (Å²) in [6, 6.07) is 0. The van der Waals surface area contributed by atoms with Crippen molar-refractivity contribution in [1.82, 2.24) is 0 Å². The standard InChI is InChI=1S/C7H16O2Si/c1-7(2,3)5-4-6(8)9-10/h4-5H2,1-3,10H3. The summed E-state index contributed by atoms with van der Waals surface area (Å²) in [7, 11) is 0.524. The lowest BCUT2D eigenvalue weighted by molar-refractivity contribution is -0.134. The molecule has 0 saturated carbocycles. The second-order valence-corrected chi connectivity index (χ2v) is 4.05. The minimum Gasteiger partial charge on any atom is -0.529 e. The fourth-order valence-electron chi connectivity index (χ4n) is 0.579. The van der Waals surface area contributed by atoms with E-state index in [0.717, 1.165) is 6.42 Å². The van der Waals surface area contributed by atoms with Gasteiger partial charge in [0.05, 0.1) is 0 Å². The predicted octanol–water partition coefficient (Wildman–Crippen LogP) is 0.636. The number of hydrogen-bond acceptors (Lipinski definition) is 2. The minimum atomic E-state index is -0.0541.